The van der Waals surface area contributed by atoms with Gasteiger partial charge >= 0.3 is 0 Å². The fourth-order valence-corrected chi connectivity index (χ4v) is 3.82. The number of amides is 1. The van der Waals surface area contributed by atoms with Crippen molar-refractivity contribution in [2.24, 2.45) is 0 Å². The number of rotatable bonds is 4. The SMILES string of the molecule is O=C1c2ccccc2C(=O)c2c1ccc(C(=O)N1CCCC1)c2NCCO. The lowest BCUT2D eigenvalue weighted by atomic mass is 9.82. The van der Waals surface area contributed by atoms with Gasteiger partial charge in [0.2, 0.25) is 0 Å². The van der Waals surface area contributed by atoms with Crippen LogP contribution in [0.25, 0.3) is 0 Å². The van der Waals surface area contributed by atoms with Crippen molar-refractivity contribution in [3.8, 4) is 0 Å². The molecule has 0 aromatic heterocycles. The Bertz CT molecular complexity index is 945. The van der Waals surface area contributed by atoms with E-state index in [0.29, 0.717) is 35.5 Å². The van der Waals surface area contributed by atoms with Crippen LogP contribution in [0.2, 0.25) is 0 Å². The van der Waals surface area contributed by atoms with Crippen molar-refractivity contribution in [2.75, 3.05) is 31.6 Å². The number of carbonyl (C=O) groups is 3. The Morgan fingerprint density at radius 2 is 1.63 bits per heavy atom. The van der Waals surface area contributed by atoms with Crippen molar-refractivity contribution in [1.82, 2.24) is 4.90 Å². The van der Waals surface area contributed by atoms with E-state index in [0.717, 1.165) is 12.8 Å². The van der Waals surface area contributed by atoms with Crippen molar-refractivity contribution in [1.29, 1.82) is 0 Å². The van der Waals surface area contributed by atoms with E-state index >= 15 is 0 Å². The zero-order chi connectivity index (χ0) is 19.0. The number of aliphatic hydroxyl groups is 1. The molecule has 1 heterocycles. The minimum atomic E-state index is -0.281. The molecule has 1 saturated heterocycles. The molecule has 27 heavy (non-hydrogen) atoms. The molecule has 2 N–H and O–H groups in total. The number of ketones is 2. The van der Waals surface area contributed by atoms with E-state index in [1.54, 1.807) is 41.3 Å². The van der Waals surface area contributed by atoms with Gasteiger partial charge in [-0.3, -0.25) is 14.4 Å². The van der Waals surface area contributed by atoms with Crippen molar-refractivity contribution in [2.45, 2.75) is 12.8 Å². The van der Waals surface area contributed by atoms with Crippen molar-refractivity contribution in [3.63, 3.8) is 0 Å². The van der Waals surface area contributed by atoms with Crippen molar-refractivity contribution >= 4 is 23.2 Å². The molecule has 2 aliphatic rings. The predicted octanol–water partition coefficient (Wildman–Crippen LogP) is 2.10. The summed E-state index contributed by atoms with van der Waals surface area (Å²) in [5.41, 5.74) is 1.93. The third-order valence-electron chi connectivity index (χ3n) is 5.13. The van der Waals surface area contributed by atoms with Gasteiger partial charge in [-0.2, -0.15) is 0 Å². The normalized spacial score (nSPS) is 15.5. The molecule has 0 saturated carbocycles. The Balaban J connectivity index is 1.88. The fraction of sp³-hybridized carbons (Fsp3) is 0.286. The van der Waals surface area contributed by atoms with Crippen LogP contribution in [0.3, 0.4) is 0 Å². The van der Waals surface area contributed by atoms with Gasteiger partial charge in [0, 0.05) is 36.3 Å². The maximum Gasteiger partial charge on any atom is 0.255 e. The van der Waals surface area contributed by atoms with Crippen molar-refractivity contribution in [3.05, 3.63) is 64.2 Å². The Kier molecular flexibility index (Phi) is 4.49. The summed E-state index contributed by atoms with van der Waals surface area (Å²) in [6, 6.07) is 9.89. The standard InChI is InChI=1S/C21H20N2O4/c24-12-9-22-18-16(21(27)23-10-3-4-11-23)8-7-15-17(18)20(26)14-6-2-1-5-13(14)19(15)25/h1-2,5-8,22,24H,3-4,9-12H2. The van der Waals surface area contributed by atoms with E-state index in [4.69, 9.17) is 0 Å². The number of hydrogen-bond acceptors (Lipinski definition) is 5. The van der Waals surface area contributed by atoms with Crippen LogP contribution in [0.5, 0.6) is 0 Å². The molecule has 1 fully saturated rings. The van der Waals surface area contributed by atoms with Crippen LogP contribution in [-0.4, -0.2) is 53.7 Å². The molecule has 2 aromatic rings. The molecule has 1 amide bonds. The second kappa shape index (κ2) is 6.96. The monoisotopic (exact) mass is 364 g/mol. The molecule has 0 radical (unpaired) electrons. The largest absolute Gasteiger partial charge is 0.395 e. The number of carbonyl (C=O) groups excluding carboxylic acids is 3. The van der Waals surface area contributed by atoms with E-state index in [1.807, 2.05) is 0 Å². The molecule has 0 bridgehead atoms. The van der Waals surface area contributed by atoms with Gasteiger partial charge in [0.05, 0.1) is 23.4 Å². The van der Waals surface area contributed by atoms with E-state index in [1.165, 1.54) is 0 Å². The fourth-order valence-electron chi connectivity index (χ4n) is 3.82. The average molecular weight is 364 g/mol. The van der Waals surface area contributed by atoms with Gasteiger partial charge in [0.25, 0.3) is 5.91 Å². The number of nitrogens with one attached hydrogen (secondary N) is 1. The van der Waals surface area contributed by atoms with Crippen LogP contribution in [0, 0.1) is 0 Å². The molecule has 0 atom stereocenters. The van der Waals surface area contributed by atoms with E-state index in [2.05, 4.69) is 5.32 Å². The number of benzene rings is 2. The predicted molar refractivity (Wildman–Crippen MR) is 100 cm³/mol. The minimum Gasteiger partial charge on any atom is -0.395 e. The smallest absolute Gasteiger partial charge is 0.255 e. The first-order valence-corrected chi connectivity index (χ1v) is 9.13. The molecule has 0 spiro atoms. The topological polar surface area (TPSA) is 86.7 Å². The first-order valence-electron chi connectivity index (χ1n) is 9.13. The van der Waals surface area contributed by atoms with Crippen molar-refractivity contribution < 1.29 is 19.5 Å². The van der Waals surface area contributed by atoms with Gasteiger partial charge in [-0.05, 0) is 25.0 Å². The van der Waals surface area contributed by atoms with Gasteiger partial charge in [-0.15, -0.1) is 0 Å². The second-order valence-electron chi connectivity index (χ2n) is 6.76. The number of hydrogen-bond donors (Lipinski definition) is 2. The summed E-state index contributed by atoms with van der Waals surface area (Å²) in [5.74, 6) is -0.668. The first-order chi connectivity index (χ1) is 13.1. The molecular weight excluding hydrogens is 344 g/mol. The molecule has 6 heteroatoms. The number of likely N-dealkylation sites (tertiary alicyclic amines) is 1. The number of aliphatic hydroxyl groups excluding tert-OH is 1. The Morgan fingerprint density at radius 3 is 2.30 bits per heavy atom. The molecule has 2 aromatic carbocycles. The summed E-state index contributed by atoms with van der Waals surface area (Å²) < 4.78 is 0. The number of nitrogens with zero attached hydrogens (tertiary/aromatic N) is 1. The zero-order valence-corrected chi connectivity index (χ0v) is 14.8. The van der Waals surface area contributed by atoms with E-state index in [-0.39, 0.29) is 41.8 Å². The zero-order valence-electron chi connectivity index (χ0n) is 14.8. The highest BCUT2D eigenvalue weighted by atomic mass is 16.3. The molecule has 0 unspecified atom stereocenters. The summed E-state index contributed by atoms with van der Waals surface area (Å²) in [7, 11) is 0. The highest BCUT2D eigenvalue weighted by Gasteiger charge is 2.34. The van der Waals surface area contributed by atoms with Crippen LogP contribution in [-0.2, 0) is 0 Å². The Morgan fingerprint density at radius 1 is 0.963 bits per heavy atom. The van der Waals surface area contributed by atoms with Gasteiger partial charge in [-0.1, -0.05) is 24.3 Å². The third kappa shape index (κ3) is 2.82. The van der Waals surface area contributed by atoms with Crippen LogP contribution in [0.1, 0.15) is 55.0 Å². The first kappa shape index (κ1) is 17.4. The molecule has 138 valence electrons. The van der Waals surface area contributed by atoms with Crippen LogP contribution < -0.4 is 5.32 Å². The average Bonchev–Trinajstić information content (AvgIpc) is 3.24. The summed E-state index contributed by atoms with van der Waals surface area (Å²) in [6.07, 6.45) is 1.92. The summed E-state index contributed by atoms with van der Waals surface area (Å²) in [6.45, 7) is 1.40. The molecule has 6 nitrogen and oxygen atoms in total. The van der Waals surface area contributed by atoms with Gasteiger partial charge < -0.3 is 15.3 Å². The van der Waals surface area contributed by atoms with Gasteiger partial charge in [0.1, 0.15) is 0 Å². The van der Waals surface area contributed by atoms with Crippen LogP contribution in [0.4, 0.5) is 5.69 Å². The quantitative estimate of drug-likeness (QED) is 0.740. The van der Waals surface area contributed by atoms with Gasteiger partial charge in [-0.25, -0.2) is 0 Å². The number of fused-ring (bicyclic) bond motifs is 2. The van der Waals surface area contributed by atoms with Crippen LogP contribution >= 0.6 is 0 Å². The molecular formula is C21H20N2O4. The molecule has 1 aliphatic heterocycles. The Labute approximate surface area is 156 Å². The number of anilines is 1. The maximum absolute atomic E-state index is 13.2. The van der Waals surface area contributed by atoms with Crippen LogP contribution in [0.15, 0.2) is 36.4 Å². The molecule has 4 rings (SSSR count). The summed E-state index contributed by atoms with van der Waals surface area (Å²) >= 11 is 0. The highest BCUT2D eigenvalue weighted by Crippen LogP contribution is 2.35. The lowest BCUT2D eigenvalue weighted by molar-refractivity contribution is 0.0793. The van der Waals surface area contributed by atoms with E-state index < -0.39 is 0 Å². The van der Waals surface area contributed by atoms with E-state index in [9.17, 15) is 19.5 Å². The summed E-state index contributed by atoms with van der Waals surface area (Å²) in [5, 5.41) is 12.2. The maximum atomic E-state index is 13.2. The third-order valence-corrected chi connectivity index (χ3v) is 5.13. The summed E-state index contributed by atoms with van der Waals surface area (Å²) in [4.78, 5) is 40.8. The highest BCUT2D eigenvalue weighted by molar-refractivity contribution is 6.31. The van der Waals surface area contributed by atoms with Gasteiger partial charge in [0.15, 0.2) is 11.6 Å². The minimum absolute atomic E-state index is 0.153. The lowest BCUT2D eigenvalue weighted by Gasteiger charge is -2.24. The second-order valence-corrected chi connectivity index (χ2v) is 6.76. The lowest BCUT2D eigenvalue weighted by Crippen LogP contribution is -2.30. The molecule has 1 aliphatic carbocycles. The Hall–Kier alpha value is -2.99.